The zero-order valence-electron chi connectivity index (χ0n) is 20.6. The van der Waals surface area contributed by atoms with E-state index >= 15 is 0 Å². The van der Waals surface area contributed by atoms with Crippen molar-refractivity contribution in [3.63, 3.8) is 0 Å². The second-order valence-electron chi connectivity index (χ2n) is 10.5. The molecule has 0 bridgehead atoms. The van der Waals surface area contributed by atoms with Crippen LogP contribution in [0.2, 0.25) is 0 Å². The molecule has 3 amide bonds. The van der Waals surface area contributed by atoms with E-state index in [-0.39, 0.29) is 29.6 Å². The first-order valence-electron chi connectivity index (χ1n) is 11.5. The molecule has 3 N–H and O–H groups in total. The van der Waals surface area contributed by atoms with Crippen LogP contribution in [0, 0.1) is 17.8 Å². The predicted octanol–water partition coefficient (Wildman–Crippen LogP) is 2.78. The number of hydrogen-bond donors (Lipinski definition) is 3. The minimum atomic E-state index is -1.04. The van der Waals surface area contributed by atoms with Crippen LogP contribution in [-0.4, -0.2) is 64.7 Å². The molecular weight excluding hydrogens is 414 g/mol. The van der Waals surface area contributed by atoms with Crippen molar-refractivity contribution in [2.45, 2.75) is 91.8 Å². The molecule has 0 aliphatic carbocycles. The van der Waals surface area contributed by atoms with Gasteiger partial charge >= 0.3 is 12.1 Å². The lowest BCUT2D eigenvalue weighted by atomic mass is 9.93. The quantitative estimate of drug-likeness (QED) is 0.491. The molecule has 0 radical (unpaired) electrons. The lowest BCUT2D eigenvalue weighted by Gasteiger charge is -2.35. The van der Waals surface area contributed by atoms with Crippen LogP contribution in [0.25, 0.3) is 0 Å². The third-order valence-electron chi connectivity index (χ3n) is 5.20. The Balaban J connectivity index is 2.69. The maximum atomic E-state index is 13.1. The van der Waals surface area contributed by atoms with Crippen LogP contribution < -0.4 is 10.6 Å². The van der Waals surface area contributed by atoms with E-state index < -0.39 is 29.7 Å². The number of piperidine rings is 1. The van der Waals surface area contributed by atoms with Gasteiger partial charge in [0.25, 0.3) is 0 Å². The number of amides is 3. The second-order valence-corrected chi connectivity index (χ2v) is 10.5. The Bertz CT molecular complexity index is 663. The molecule has 1 rings (SSSR count). The highest BCUT2D eigenvalue weighted by atomic mass is 16.6. The standard InChI is InChI=1S/C23H41N3O6/c1-14(2)12-17(25-22(31)32-23(5,6)7)20(28)26-10-8-16(9-11-26)19(27)24-18(21(29)30)13-15(3)4/h14-18H,8-13H2,1-7H3,(H,24,27)(H,25,31)(H,29,30). The van der Waals surface area contributed by atoms with Crippen LogP contribution in [-0.2, 0) is 19.1 Å². The lowest BCUT2D eigenvalue weighted by Crippen LogP contribution is -2.53. The SMILES string of the molecule is CC(C)CC(NC(=O)C1CCN(C(=O)C(CC(C)C)NC(=O)OC(C)(C)C)CC1)C(=O)O. The Morgan fingerprint density at radius 2 is 1.44 bits per heavy atom. The van der Waals surface area contributed by atoms with Gasteiger partial charge in [0.15, 0.2) is 0 Å². The topological polar surface area (TPSA) is 125 Å². The van der Waals surface area contributed by atoms with E-state index in [0.717, 1.165) is 0 Å². The van der Waals surface area contributed by atoms with E-state index in [0.29, 0.717) is 38.8 Å². The Kier molecular flexibility index (Phi) is 10.4. The van der Waals surface area contributed by atoms with Gasteiger partial charge in [0, 0.05) is 19.0 Å². The summed E-state index contributed by atoms with van der Waals surface area (Å²) in [5.74, 6) is -1.51. The van der Waals surface area contributed by atoms with Gasteiger partial charge in [0.1, 0.15) is 17.7 Å². The van der Waals surface area contributed by atoms with Gasteiger partial charge in [-0.25, -0.2) is 9.59 Å². The van der Waals surface area contributed by atoms with Crippen LogP contribution >= 0.6 is 0 Å². The molecule has 1 aliphatic rings. The number of aliphatic carboxylic acids is 1. The summed E-state index contributed by atoms with van der Waals surface area (Å²) in [5, 5.41) is 14.7. The fraction of sp³-hybridized carbons (Fsp3) is 0.826. The number of carbonyl (C=O) groups is 4. The molecular formula is C23H41N3O6. The number of nitrogens with one attached hydrogen (secondary N) is 2. The zero-order valence-corrected chi connectivity index (χ0v) is 20.6. The van der Waals surface area contributed by atoms with Crippen molar-refractivity contribution in [3.05, 3.63) is 0 Å². The molecule has 0 aromatic rings. The number of ether oxygens (including phenoxy) is 1. The first-order chi connectivity index (χ1) is 14.7. The van der Waals surface area contributed by atoms with Gasteiger partial charge in [-0.1, -0.05) is 27.7 Å². The normalized spacial score (nSPS) is 17.1. The van der Waals surface area contributed by atoms with Crippen LogP contribution in [0.5, 0.6) is 0 Å². The number of rotatable bonds is 9. The van der Waals surface area contributed by atoms with E-state index in [4.69, 9.17) is 4.74 Å². The number of carboxylic acids is 1. The van der Waals surface area contributed by atoms with Crippen molar-refractivity contribution in [2.24, 2.45) is 17.8 Å². The summed E-state index contributed by atoms with van der Waals surface area (Å²) in [4.78, 5) is 50.9. The minimum absolute atomic E-state index is 0.145. The Hall–Kier alpha value is -2.32. The van der Waals surface area contributed by atoms with Crippen LogP contribution in [0.4, 0.5) is 4.79 Å². The maximum absolute atomic E-state index is 13.1. The van der Waals surface area contributed by atoms with E-state index in [2.05, 4.69) is 10.6 Å². The Labute approximate surface area is 191 Å². The van der Waals surface area contributed by atoms with Gasteiger partial charge in [-0.05, 0) is 58.3 Å². The van der Waals surface area contributed by atoms with Gasteiger partial charge in [-0.2, -0.15) is 0 Å². The van der Waals surface area contributed by atoms with Crippen molar-refractivity contribution in [1.82, 2.24) is 15.5 Å². The highest BCUT2D eigenvalue weighted by molar-refractivity contribution is 5.87. The molecule has 1 heterocycles. The smallest absolute Gasteiger partial charge is 0.408 e. The molecule has 184 valence electrons. The van der Waals surface area contributed by atoms with Crippen LogP contribution in [0.3, 0.4) is 0 Å². The zero-order chi connectivity index (χ0) is 24.6. The first kappa shape index (κ1) is 27.7. The average Bonchev–Trinajstić information content (AvgIpc) is 2.64. The maximum Gasteiger partial charge on any atom is 0.408 e. The van der Waals surface area contributed by atoms with Crippen LogP contribution in [0.15, 0.2) is 0 Å². The van der Waals surface area contributed by atoms with Crippen molar-refractivity contribution in [3.8, 4) is 0 Å². The lowest BCUT2D eigenvalue weighted by molar-refractivity contribution is -0.143. The summed E-state index contributed by atoms with van der Waals surface area (Å²) in [6.45, 7) is 13.8. The molecule has 0 aromatic heterocycles. The summed E-state index contributed by atoms with van der Waals surface area (Å²) in [6, 6.07) is -1.60. The molecule has 0 aromatic carbocycles. The predicted molar refractivity (Wildman–Crippen MR) is 121 cm³/mol. The number of alkyl carbamates (subject to hydrolysis) is 1. The number of carboxylic acid groups (broad SMARTS) is 1. The first-order valence-corrected chi connectivity index (χ1v) is 11.5. The number of hydrogen-bond acceptors (Lipinski definition) is 5. The molecule has 9 heteroatoms. The highest BCUT2D eigenvalue weighted by Gasteiger charge is 2.34. The van der Waals surface area contributed by atoms with Gasteiger partial charge < -0.3 is 25.4 Å². The average molecular weight is 456 g/mol. The number of nitrogens with zero attached hydrogens (tertiary/aromatic N) is 1. The second kappa shape index (κ2) is 12.1. The van der Waals surface area contributed by atoms with Crippen molar-refractivity contribution >= 4 is 23.9 Å². The van der Waals surface area contributed by atoms with E-state index in [9.17, 15) is 24.3 Å². The van der Waals surface area contributed by atoms with Gasteiger partial charge in [-0.15, -0.1) is 0 Å². The monoisotopic (exact) mass is 455 g/mol. The molecule has 1 saturated heterocycles. The molecule has 1 aliphatic heterocycles. The molecule has 2 atom stereocenters. The van der Waals surface area contributed by atoms with E-state index in [1.807, 2.05) is 27.7 Å². The Morgan fingerprint density at radius 3 is 1.88 bits per heavy atom. The highest BCUT2D eigenvalue weighted by Crippen LogP contribution is 2.20. The van der Waals surface area contributed by atoms with Gasteiger partial charge in [0.2, 0.25) is 11.8 Å². The summed E-state index contributed by atoms with van der Waals surface area (Å²) < 4.78 is 5.30. The van der Waals surface area contributed by atoms with E-state index in [1.165, 1.54) is 0 Å². The van der Waals surface area contributed by atoms with Crippen LogP contribution in [0.1, 0.15) is 74.1 Å². The van der Waals surface area contributed by atoms with Crippen molar-refractivity contribution in [1.29, 1.82) is 0 Å². The number of carbonyl (C=O) groups excluding carboxylic acids is 3. The molecule has 0 saturated carbocycles. The van der Waals surface area contributed by atoms with Gasteiger partial charge in [-0.3, -0.25) is 9.59 Å². The largest absolute Gasteiger partial charge is 0.480 e. The fourth-order valence-electron chi connectivity index (χ4n) is 3.71. The minimum Gasteiger partial charge on any atom is -0.480 e. The van der Waals surface area contributed by atoms with Crippen molar-refractivity contribution < 1.29 is 29.0 Å². The fourth-order valence-corrected chi connectivity index (χ4v) is 3.71. The number of likely N-dealkylation sites (tertiary alicyclic amines) is 1. The van der Waals surface area contributed by atoms with Crippen molar-refractivity contribution in [2.75, 3.05) is 13.1 Å². The van der Waals surface area contributed by atoms with Gasteiger partial charge in [0.05, 0.1) is 0 Å². The summed E-state index contributed by atoms with van der Waals surface area (Å²) in [6.07, 6.45) is 1.12. The molecule has 2 unspecified atom stereocenters. The summed E-state index contributed by atoms with van der Waals surface area (Å²) in [5.41, 5.74) is -0.662. The Morgan fingerprint density at radius 1 is 0.938 bits per heavy atom. The third kappa shape index (κ3) is 9.87. The summed E-state index contributed by atoms with van der Waals surface area (Å²) >= 11 is 0. The summed E-state index contributed by atoms with van der Waals surface area (Å²) in [7, 11) is 0. The molecule has 1 fully saturated rings. The molecule has 0 spiro atoms. The third-order valence-corrected chi connectivity index (χ3v) is 5.20. The molecule has 9 nitrogen and oxygen atoms in total. The van der Waals surface area contributed by atoms with E-state index in [1.54, 1.807) is 25.7 Å². The molecule has 32 heavy (non-hydrogen) atoms.